The van der Waals surface area contributed by atoms with Crippen molar-refractivity contribution in [3.8, 4) is 5.75 Å². The fraction of sp³-hybridized carbons (Fsp3) is 0.150. The number of methoxy groups -OCH3 is 1. The van der Waals surface area contributed by atoms with E-state index < -0.39 is 22.0 Å². The molecule has 3 aromatic rings. The monoisotopic (exact) mass is 384 g/mol. The molecule has 7 heteroatoms. The third-order valence-electron chi connectivity index (χ3n) is 4.11. The summed E-state index contributed by atoms with van der Waals surface area (Å²) < 4.78 is 32.7. The number of rotatable bonds is 6. The molecule has 27 heavy (non-hydrogen) atoms. The molecule has 0 fully saturated rings. The molecule has 0 aliphatic heterocycles. The summed E-state index contributed by atoms with van der Waals surface area (Å²) >= 11 is 0. The van der Waals surface area contributed by atoms with Crippen molar-refractivity contribution in [3.05, 3.63) is 66.7 Å². The predicted molar refractivity (Wildman–Crippen MR) is 105 cm³/mol. The van der Waals surface area contributed by atoms with Gasteiger partial charge in [-0.1, -0.05) is 30.3 Å². The van der Waals surface area contributed by atoms with Gasteiger partial charge in [0.25, 0.3) is 0 Å². The molecule has 0 bridgehead atoms. The first-order chi connectivity index (χ1) is 12.9. The van der Waals surface area contributed by atoms with E-state index in [0.29, 0.717) is 11.4 Å². The van der Waals surface area contributed by atoms with Crippen molar-refractivity contribution in [1.82, 2.24) is 4.72 Å². The minimum absolute atomic E-state index is 0.116. The maximum atomic E-state index is 12.6. The van der Waals surface area contributed by atoms with Gasteiger partial charge in [-0.15, -0.1) is 0 Å². The van der Waals surface area contributed by atoms with Crippen LogP contribution < -0.4 is 14.8 Å². The van der Waals surface area contributed by atoms with Crippen molar-refractivity contribution < 1.29 is 17.9 Å². The van der Waals surface area contributed by atoms with Gasteiger partial charge in [-0.25, -0.2) is 8.42 Å². The molecule has 1 atom stereocenters. The van der Waals surface area contributed by atoms with Crippen LogP contribution in [0.5, 0.6) is 5.75 Å². The predicted octanol–water partition coefficient (Wildman–Crippen LogP) is 3.15. The summed E-state index contributed by atoms with van der Waals surface area (Å²) in [6.07, 6.45) is 0. The number of hydrogen-bond donors (Lipinski definition) is 2. The SMILES string of the molecule is COc1ccc(NC(=O)[C@H](C)NS(=O)(=O)c2ccc3ccccc3c2)cc1. The van der Waals surface area contributed by atoms with Gasteiger partial charge in [0.2, 0.25) is 15.9 Å². The van der Waals surface area contributed by atoms with Crippen LogP contribution in [0.2, 0.25) is 0 Å². The Balaban J connectivity index is 1.72. The quantitative estimate of drug-likeness (QED) is 0.684. The zero-order valence-corrected chi connectivity index (χ0v) is 15.8. The Kier molecular flexibility index (Phi) is 5.43. The number of fused-ring (bicyclic) bond motifs is 1. The summed E-state index contributed by atoms with van der Waals surface area (Å²) in [5.74, 6) is 0.211. The zero-order valence-electron chi connectivity index (χ0n) is 15.0. The molecule has 1 amide bonds. The van der Waals surface area contributed by atoms with Gasteiger partial charge in [-0.3, -0.25) is 4.79 Å². The Labute approximate surface area is 158 Å². The molecular formula is C20H20N2O4S. The lowest BCUT2D eigenvalue weighted by Crippen LogP contribution is -2.41. The topological polar surface area (TPSA) is 84.5 Å². The Morgan fingerprint density at radius 2 is 1.63 bits per heavy atom. The van der Waals surface area contributed by atoms with Crippen molar-refractivity contribution in [1.29, 1.82) is 0 Å². The molecule has 0 saturated heterocycles. The molecule has 3 rings (SSSR count). The van der Waals surface area contributed by atoms with E-state index in [2.05, 4.69) is 10.0 Å². The van der Waals surface area contributed by atoms with Crippen molar-refractivity contribution in [2.45, 2.75) is 17.9 Å². The normalized spacial score (nSPS) is 12.5. The van der Waals surface area contributed by atoms with Crippen LogP contribution in [0.4, 0.5) is 5.69 Å². The molecule has 0 aliphatic carbocycles. The second kappa shape index (κ2) is 7.77. The van der Waals surface area contributed by atoms with Gasteiger partial charge >= 0.3 is 0 Å². The largest absolute Gasteiger partial charge is 0.497 e. The zero-order chi connectivity index (χ0) is 19.4. The van der Waals surface area contributed by atoms with Gasteiger partial charge < -0.3 is 10.1 Å². The number of anilines is 1. The summed E-state index contributed by atoms with van der Waals surface area (Å²) in [6.45, 7) is 1.50. The van der Waals surface area contributed by atoms with Crippen LogP contribution in [0.1, 0.15) is 6.92 Å². The number of benzene rings is 3. The van der Waals surface area contributed by atoms with Gasteiger partial charge in [0.1, 0.15) is 5.75 Å². The van der Waals surface area contributed by atoms with Crippen LogP contribution in [-0.2, 0) is 14.8 Å². The Morgan fingerprint density at radius 3 is 2.30 bits per heavy atom. The number of sulfonamides is 1. The van der Waals surface area contributed by atoms with Crippen LogP contribution in [0.3, 0.4) is 0 Å². The van der Waals surface area contributed by atoms with Gasteiger partial charge in [0, 0.05) is 5.69 Å². The van der Waals surface area contributed by atoms with Crippen LogP contribution in [-0.4, -0.2) is 27.5 Å². The molecular weight excluding hydrogens is 364 g/mol. The number of ether oxygens (including phenoxy) is 1. The Bertz CT molecular complexity index is 1060. The molecule has 0 aromatic heterocycles. The highest BCUT2D eigenvalue weighted by molar-refractivity contribution is 7.89. The van der Waals surface area contributed by atoms with Gasteiger partial charge in [-0.05, 0) is 54.1 Å². The highest BCUT2D eigenvalue weighted by atomic mass is 32.2. The number of carbonyl (C=O) groups excluding carboxylic acids is 1. The minimum atomic E-state index is -3.83. The van der Waals surface area contributed by atoms with E-state index in [0.717, 1.165) is 10.8 Å². The molecule has 6 nitrogen and oxygen atoms in total. The lowest BCUT2D eigenvalue weighted by molar-refractivity contribution is -0.117. The molecule has 140 valence electrons. The van der Waals surface area contributed by atoms with Crippen LogP contribution in [0.25, 0.3) is 10.8 Å². The lowest BCUT2D eigenvalue weighted by atomic mass is 10.1. The summed E-state index contributed by atoms with van der Waals surface area (Å²) in [4.78, 5) is 12.4. The minimum Gasteiger partial charge on any atom is -0.497 e. The Hall–Kier alpha value is -2.90. The highest BCUT2D eigenvalue weighted by Crippen LogP contribution is 2.19. The van der Waals surface area contributed by atoms with E-state index in [1.54, 1.807) is 43.5 Å². The smallest absolute Gasteiger partial charge is 0.242 e. The van der Waals surface area contributed by atoms with Crippen LogP contribution in [0.15, 0.2) is 71.6 Å². The third kappa shape index (κ3) is 4.45. The maximum Gasteiger partial charge on any atom is 0.242 e. The average Bonchev–Trinajstić information content (AvgIpc) is 2.67. The summed E-state index contributed by atoms with van der Waals surface area (Å²) in [6, 6.07) is 18.2. The number of carbonyl (C=O) groups is 1. The van der Waals surface area contributed by atoms with E-state index >= 15 is 0 Å². The third-order valence-corrected chi connectivity index (χ3v) is 5.65. The molecule has 0 aliphatic rings. The fourth-order valence-electron chi connectivity index (χ4n) is 2.61. The number of amides is 1. The number of nitrogens with one attached hydrogen (secondary N) is 2. The second-order valence-corrected chi connectivity index (χ2v) is 7.78. The highest BCUT2D eigenvalue weighted by Gasteiger charge is 2.22. The van der Waals surface area contributed by atoms with Gasteiger partial charge in [-0.2, -0.15) is 4.72 Å². The summed E-state index contributed by atoms with van der Waals surface area (Å²) in [5, 5.41) is 4.44. The molecule has 0 spiro atoms. The molecule has 0 heterocycles. The van der Waals surface area contributed by atoms with Crippen molar-refractivity contribution >= 4 is 32.4 Å². The maximum absolute atomic E-state index is 12.6. The summed E-state index contributed by atoms with van der Waals surface area (Å²) in [5.41, 5.74) is 0.553. The van der Waals surface area contributed by atoms with E-state index in [1.165, 1.54) is 13.0 Å². The lowest BCUT2D eigenvalue weighted by Gasteiger charge is -2.15. The first-order valence-corrected chi connectivity index (χ1v) is 9.83. The van der Waals surface area contributed by atoms with Gasteiger partial charge in [0.15, 0.2) is 0 Å². The average molecular weight is 384 g/mol. The molecule has 2 N–H and O–H groups in total. The Morgan fingerprint density at radius 1 is 0.963 bits per heavy atom. The number of hydrogen-bond acceptors (Lipinski definition) is 4. The van der Waals surface area contributed by atoms with Crippen LogP contribution in [0, 0.1) is 0 Å². The fourth-order valence-corrected chi connectivity index (χ4v) is 3.85. The van der Waals surface area contributed by atoms with E-state index in [9.17, 15) is 13.2 Å². The van der Waals surface area contributed by atoms with Crippen molar-refractivity contribution in [2.75, 3.05) is 12.4 Å². The van der Waals surface area contributed by atoms with E-state index in [-0.39, 0.29) is 4.90 Å². The van der Waals surface area contributed by atoms with Crippen LogP contribution >= 0.6 is 0 Å². The first kappa shape index (κ1) is 18.9. The molecule has 0 unspecified atom stereocenters. The molecule has 0 saturated carbocycles. The summed E-state index contributed by atoms with van der Waals surface area (Å²) in [7, 11) is -2.28. The first-order valence-electron chi connectivity index (χ1n) is 8.35. The van der Waals surface area contributed by atoms with E-state index in [1.807, 2.05) is 24.3 Å². The van der Waals surface area contributed by atoms with Crippen molar-refractivity contribution in [3.63, 3.8) is 0 Å². The van der Waals surface area contributed by atoms with Gasteiger partial charge in [0.05, 0.1) is 18.0 Å². The second-order valence-electron chi connectivity index (χ2n) is 6.07. The molecule has 3 aromatic carbocycles. The molecule has 0 radical (unpaired) electrons. The van der Waals surface area contributed by atoms with E-state index in [4.69, 9.17) is 4.74 Å². The van der Waals surface area contributed by atoms with Crippen molar-refractivity contribution in [2.24, 2.45) is 0 Å². The standard InChI is InChI=1S/C20H20N2O4S/c1-14(20(23)21-17-8-10-18(26-2)11-9-17)22-27(24,25)19-12-7-15-5-3-4-6-16(15)13-19/h3-14,22H,1-2H3,(H,21,23)/t14-/m0/s1.